The van der Waals surface area contributed by atoms with Gasteiger partial charge in [0.25, 0.3) is 5.91 Å². The van der Waals surface area contributed by atoms with Gasteiger partial charge in [-0.1, -0.05) is 12.5 Å². The number of benzene rings is 1. The van der Waals surface area contributed by atoms with Crippen molar-refractivity contribution in [3.05, 3.63) is 34.9 Å². The molecule has 6 heteroatoms. The van der Waals surface area contributed by atoms with Crippen LogP contribution in [0, 0.1) is 13.8 Å². The SMILES string of the molecule is Cc1ccc(C(=O)NCC(=O)NCCCN2CCCCCC2=O)cc1C. The van der Waals surface area contributed by atoms with Crippen molar-refractivity contribution in [1.82, 2.24) is 15.5 Å². The zero-order chi connectivity index (χ0) is 18.9. The van der Waals surface area contributed by atoms with E-state index in [0.717, 1.165) is 43.4 Å². The molecule has 0 unspecified atom stereocenters. The quantitative estimate of drug-likeness (QED) is 0.730. The summed E-state index contributed by atoms with van der Waals surface area (Å²) >= 11 is 0. The van der Waals surface area contributed by atoms with Crippen molar-refractivity contribution in [2.24, 2.45) is 0 Å². The van der Waals surface area contributed by atoms with Crippen LogP contribution in [0.5, 0.6) is 0 Å². The molecule has 2 N–H and O–H groups in total. The van der Waals surface area contributed by atoms with Gasteiger partial charge in [0, 0.05) is 31.6 Å². The Morgan fingerprint density at radius 1 is 1.08 bits per heavy atom. The number of aryl methyl sites for hydroxylation is 2. The normalized spacial score (nSPS) is 14.7. The molecule has 1 fully saturated rings. The third-order valence-electron chi connectivity index (χ3n) is 4.78. The second kappa shape index (κ2) is 9.94. The van der Waals surface area contributed by atoms with E-state index in [1.807, 2.05) is 30.9 Å². The van der Waals surface area contributed by atoms with E-state index in [-0.39, 0.29) is 24.3 Å². The standard InChI is InChI=1S/C20H29N3O3/c1-15-8-9-17(13-16(15)2)20(26)22-14-18(24)21-10-6-12-23-11-5-3-4-7-19(23)25/h8-9,13H,3-7,10-12,14H2,1-2H3,(H,21,24)(H,22,26). The van der Waals surface area contributed by atoms with Crippen LogP contribution in [0.25, 0.3) is 0 Å². The Kier molecular flexibility index (Phi) is 7.63. The monoisotopic (exact) mass is 359 g/mol. The smallest absolute Gasteiger partial charge is 0.251 e. The summed E-state index contributed by atoms with van der Waals surface area (Å²) in [5.74, 6) is -0.253. The fraction of sp³-hybridized carbons (Fsp3) is 0.550. The fourth-order valence-corrected chi connectivity index (χ4v) is 2.98. The largest absolute Gasteiger partial charge is 0.355 e. The van der Waals surface area contributed by atoms with Crippen LogP contribution in [0.3, 0.4) is 0 Å². The van der Waals surface area contributed by atoms with E-state index in [0.29, 0.717) is 25.1 Å². The molecule has 0 saturated carbocycles. The van der Waals surface area contributed by atoms with Crippen LogP contribution >= 0.6 is 0 Å². The van der Waals surface area contributed by atoms with Crippen molar-refractivity contribution >= 4 is 17.7 Å². The number of hydrogen-bond donors (Lipinski definition) is 2. The number of amides is 3. The average molecular weight is 359 g/mol. The Labute approximate surface area is 155 Å². The first kappa shape index (κ1) is 19.9. The highest BCUT2D eigenvalue weighted by molar-refractivity contribution is 5.96. The van der Waals surface area contributed by atoms with Crippen molar-refractivity contribution < 1.29 is 14.4 Å². The van der Waals surface area contributed by atoms with Crippen molar-refractivity contribution in [2.75, 3.05) is 26.2 Å². The van der Waals surface area contributed by atoms with Crippen LogP contribution in [-0.4, -0.2) is 48.8 Å². The summed E-state index contributed by atoms with van der Waals surface area (Å²) < 4.78 is 0. The van der Waals surface area contributed by atoms with Crippen molar-refractivity contribution in [3.8, 4) is 0 Å². The minimum absolute atomic E-state index is 0.0472. The highest BCUT2D eigenvalue weighted by Crippen LogP contribution is 2.11. The lowest BCUT2D eigenvalue weighted by atomic mass is 10.1. The van der Waals surface area contributed by atoms with E-state index in [4.69, 9.17) is 0 Å². The fourth-order valence-electron chi connectivity index (χ4n) is 2.98. The minimum Gasteiger partial charge on any atom is -0.355 e. The molecule has 26 heavy (non-hydrogen) atoms. The third-order valence-corrected chi connectivity index (χ3v) is 4.78. The molecule has 6 nitrogen and oxygen atoms in total. The maximum atomic E-state index is 12.1. The molecule has 0 aromatic heterocycles. The average Bonchev–Trinajstić information content (AvgIpc) is 2.83. The summed E-state index contributed by atoms with van der Waals surface area (Å²) in [5, 5.41) is 5.42. The van der Waals surface area contributed by atoms with Gasteiger partial charge >= 0.3 is 0 Å². The molecule has 0 bridgehead atoms. The second-order valence-corrected chi connectivity index (χ2v) is 6.88. The summed E-state index contributed by atoms with van der Waals surface area (Å²) in [6, 6.07) is 5.48. The van der Waals surface area contributed by atoms with Gasteiger partial charge in [-0.25, -0.2) is 0 Å². The molecule has 1 aliphatic rings. The van der Waals surface area contributed by atoms with Gasteiger partial charge in [-0.05, 0) is 56.4 Å². The molecule has 0 radical (unpaired) electrons. The van der Waals surface area contributed by atoms with Crippen LogP contribution in [0.15, 0.2) is 18.2 Å². The van der Waals surface area contributed by atoms with E-state index in [2.05, 4.69) is 10.6 Å². The predicted octanol–water partition coefficient (Wildman–Crippen LogP) is 1.94. The molecule has 0 aliphatic carbocycles. The van der Waals surface area contributed by atoms with Crippen LogP contribution in [0.2, 0.25) is 0 Å². The zero-order valence-electron chi connectivity index (χ0n) is 15.8. The molecule has 3 amide bonds. The lowest BCUT2D eigenvalue weighted by Gasteiger charge is -2.20. The van der Waals surface area contributed by atoms with E-state index in [1.54, 1.807) is 6.07 Å². The molecule has 142 valence electrons. The molecule has 1 saturated heterocycles. The van der Waals surface area contributed by atoms with Crippen LogP contribution < -0.4 is 10.6 Å². The first-order valence-corrected chi connectivity index (χ1v) is 9.37. The van der Waals surface area contributed by atoms with Gasteiger partial charge in [-0.15, -0.1) is 0 Å². The molecular formula is C20H29N3O3. The summed E-state index contributed by atoms with van der Waals surface area (Å²) in [5.41, 5.74) is 2.73. The number of carbonyl (C=O) groups is 3. The zero-order valence-corrected chi connectivity index (χ0v) is 15.8. The van der Waals surface area contributed by atoms with E-state index >= 15 is 0 Å². The van der Waals surface area contributed by atoms with Crippen LogP contribution in [0.4, 0.5) is 0 Å². The Bertz CT molecular complexity index is 658. The number of nitrogens with one attached hydrogen (secondary N) is 2. The van der Waals surface area contributed by atoms with Crippen molar-refractivity contribution in [2.45, 2.75) is 46.0 Å². The van der Waals surface area contributed by atoms with Crippen molar-refractivity contribution in [1.29, 1.82) is 0 Å². The maximum absolute atomic E-state index is 12.1. The number of hydrogen-bond acceptors (Lipinski definition) is 3. The van der Waals surface area contributed by atoms with Gasteiger partial charge in [0.05, 0.1) is 6.54 Å². The first-order valence-electron chi connectivity index (χ1n) is 9.37. The third kappa shape index (κ3) is 6.17. The highest BCUT2D eigenvalue weighted by Gasteiger charge is 2.15. The predicted molar refractivity (Wildman–Crippen MR) is 101 cm³/mol. The number of nitrogens with zero attached hydrogens (tertiary/aromatic N) is 1. The highest BCUT2D eigenvalue weighted by atomic mass is 16.2. The Hall–Kier alpha value is -2.37. The first-order chi connectivity index (χ1) is 12.5. The Morgan fingerprint density at radius 3 is 2.65 bits per heavy atom. The summed E-state index contributed by atoms with van der Waals surface area (Å²) in [6.07, 6.45) is 4.51. The minimum atomic E-state index is -0.251. The molecule has 0 spiro atoms. The summed E-state index contributed by atoms with van der Waals surface area (Å²) in [4.78, 5) is 37.7. The van der Waals surface area contributed by atoms with E-state index in [1.165, 1.54) is 0 Å². The van der Waals surface area contributed by atoms with Crippen LogP contribution in [0.1, 0.15) is 53.6 Å². The van der Waals surface area contributed by atoms with Gasteiger partial charge in [0.15, 0.2) is 0 Å². The van der Waals surface area contributed by atoms with Crippen LogP contribution in [-0.2, 0) is 9.59 Å². The second-order valence-electron chi connectivity index (χ2n) is 6.88. The Balaban J connectivity index is 1.64. The van der Waals surface area contributed by atoms with Crippen molar-refractivity contribution in [3.63, 3.8) is 0 Å². The molecule has 1 aromatic rings. The molecule has 0 atom stereocenters. The lowest BCUT2D eigenvalue weighted by Crippen LogP contribution is -2.38. The molecular weight excluding hydrogens is 330 g/mol. The van der Waals surface area contributed by atoms with E-state index < -0.39 is 0 Å². The Morgan fingerprint density at radius 2 is 1.88 bits per heavy atom. The van der Waals surface area contributed by atoms with E-state index in [9.17, 15) is 14.4 Å². The van der Waals surface area contributed by atoms with Gasteiger partial charge in [-0.2, -0.15) is 0 Å². The topological polar surface area (TPSA) is 78.5 Å². The summed E-state index contributed by atoms with van der Waals surface area (Å²) in [7, 11) is 0. The van der Waals surface area contributed by atoms with Gasteiger partial charge in [0.1, 0.15) is 0 Å². The van der Waals surface area contributed by atoms with Gasteiger partial charge in [-0.3, -0.25) is 14.4 Å². The van der Waals surface area contributed by atoms with Gasteiger partial charge in [0.2, 0.25) is 11.8 Å². The maximum Gasteiger partial charge on any atom is 0.251 e. The number of carbonyl (C=O) groups excluding carboxylic acids is 3. The summed E-state index contributed by atoms with van der Waals surface area (Å²) in [6.45, 7) is 5.89. The lowest BCUT2D eigenvalue weighted by molar-refractivity contribution is -0.130. The van der Waals surface area contributed by atoms with Gasteiger partial charge < -0.3 is 15.5 Å². The number of likely N-dealkylation sites (tertiary alicyclic amines) is 1. The molecule has 1 heterocycles. The molecule has 1 aromatic carbocycles. The molecule has 2 rings (SSSR count). The molecule has 1 aliphatic heterocycles. The number of rotatable bonds is 7.